The molecule has 1 saturated carbocycles. The van der Waals surface area contributed by atoms with Gasteiger partial charge in [-0.15, -0.1) is 0 Å². The number of amides is 2. The highest BCUT2D eigenvalue weighted by Crippen LogP contribution is 2.36. The zero-order valence-corrected chi connectivity index (χ0v) is 13.3. The van der Waals surface area contributed by atoms with Crippen LogP contribution in [-0.2, 0) is 0 Å². The van der Waals surface area contributed by atoms with Crippen LogP contribution in [0.2, 0.25) is 5.02 Å². The number of carbonyl (C=O) groups excluding carboxylic acids is 1. The molecular weight excluding hydrogens is 284 g/mol. The van der Waals surface area contributed by atoms with Gasteiger partial charge < -0.3 is 10.2 Å². The van der Waals surface area contributed by atoms with Crippen LogP contribution in [-0.4, -0.2) is 24.0 Å². The molecule has 1 aliphatic carbocycles. The topological polar surface area (TPSA) is 32.3 Å². The quantitative estimate of drug-likeness (QED) is 0.802. The lowest BCUT2D eigenvalue weighted by Gasteiger charge is -2.41. The largest absolute Gasteiger partial charge is 0.324 e. The first-order valence-electron chi connectivity index (χ1n) is 7.95. The molecule has 3 nitrogen and oxygen atoms in total. The molecule has 21 heavy (non-hydrogen) atoms. The number of carbonyl (C=O) groups is 1. The van der Waals surface area contributed by atoms with Crippen molar-refractivity contribution in [1.82, 2.24) is 4.90 Å². The van der Waals surface area contributed by atoms with Crippen molar-refractivity contribution >= 4 is 23.3 Å². The molecule has 0 radical (unpaired) electrons. The molecule has 1 aromatic rings. The summed E-state index contributed by atoms with van der Waals surface area (Å²) in [6.07, 6.45) is 6.47. The average Bonchev–Trinajstić information content (AvgIpc) is 2.49. The van der Waals surface area contributed by atoms with Crippen LogP contribution in [0.5, 0.6) is 0 Å². The fraction of sp³-hybridized carbons (Fsp3) is 0.588. The van der Waals surface area contributed by atoms with Gasteiger partial charge in [-0.3, -0.25) is 0 Å². The molecule has 0 bridgehead atoms. The highest BCUT2D eigenvalue weighted by atomic mass is 35.5. The lowest BCUT2D eigenvalue weighted by molar-refractivity contribution is 0.108. The van der Waals surface area contributed by atoms with Gasteiger partial charge in [0.25, 0.3) is 0 Å². The molecule has 2 amide bonds. The van der Waals surface area contributed by atoms with Gasteiger partial charge in [0.15, 0.2) is 0 Å². The van der Waals surface area contributed by atoms with Crippen LogP contribution in [0.15, 0.2) is 18.2 Å². The summed E-state index contributed by atoms with van der Waals surface area (Å²) >= 11 is 6.19. The van der Waals surface area contributed by atoms with Crippen molar-refractivity contribution in [3.63, 3.8) is 0 Å². The zero-order chi connectivity index (χ0) is 14.8. The maximum Gasteiger partial charge on any atom is 0.321 e. The lowest BCUT2D eigenvalue weighted by atomic mass is 9.75. The SMILES string of the molecule is Cc1ccc(NC(=O)N2CC[C@H]3CCCC[C@H]3C2)c(Cl)c1. The van der Waals surface area contributed by atoms with Crippen LogP contribution >= 0.6 is 11.6 Å². The molecule has 2 atom stereocenters. The molecule has 1 heterocycles. The van der Waals surface area contributed by atoms with Crippen molar-refractivity contribution < 1.29 is 4.79 Å². The number of hydrogen-bond acceptors (Lipinski definition) is 1. The summed E-state index contributed by atoms with van der Waals surface area (Å²) in [4.78, 5) is 14.4. The maximum absolute atomic E-state index is 12.4. The van der Waals surface area contributed by atoms with Gasteiger partial charge in [0.2, 0.25) is 0 Å². The van der Waals surface area contributed by atoms with Gasteiger partial charge in [0.1, 0.15) is 0 Å². The number of anilines is 1. The Morgan fingerprint density at radius 1 is 1.24 bits per heavy atom. The summed E-state index contributed by atoms with van der Waals surface area (Å²) in [5.41, 5.74) is 1.80. The van der Waals surface area contributed by atoms with E-state index in [1.54, 1.807) is 0 Å². The van der Waals surface area contributed by atoms with E-state index in [0.29, 0.717) is 16.6 Å². The van der Waals surface area contributed by atoms with Crippen LogP contribution in [0, 0.1) is 18.8 Å². The average molecular weight is 307 g/mol. The second-order valence-electron chi connectivity index (χ2n) is 6.45. The molecule has 2 fully saturated rings. The minimum absolute atomic E-state index is 0.00947. The fourth-order valence-electron chi connectivity index (χ4n) is 3.70. The van der Waals surface area contributed by atoms with Crippen LogP contribution in [0.4, 0.5) is 10.5 Å². The number of nitrogens with one attached hydrogen (secondary N) is 1. The Labute approximate surface area is 131 Å². The molecule has 0 spiro atoms. The Hall–Kier alpha value is -1.22. The second-order valence-corrected chi connectivity index (χ2v) is 6.86. The summed E-state index contributed by atoms with van der Waals surface area (Å²) < 4.78 is 0. The predicted octanol–water partition coefficient (Wildman–Crippen LogP) is 4.69. The first-order valence-corrected chi connectivity index (χ1v) is 8.33. The summed E-state index contributed by atoms with van der Waals surface area (Å²) in [7, 11) is 0. The van der Waals surface area contributed by atoms with Gasteiger partial charge in [0.05, 0.1) is 10.7 Å². The van der Waals surface area contributed by atoms with Crippen LogP contribution in [0.25, 0.3) is 0 Å². The van der Waals surface area contributed by atoms with E-state index in [4.69, 9.17) is 11.6 Å². The normalized spacial score (nSPS) is 25.3. The van der Waals surface area contributed by atoms with Crippen molar-refractivity contribution in [1.29, 1.82) is 0 Å². The van der Waals surface area contributed by atoms with E-state index in [1.807, 2.05) is 30.0 Å². The van der Waals surface area contributed by atoms with Gasteiger partial charge in [0, 0.05) is 13.1 Å². The highest BCUT2D eigenvalue weighted by Gasteiger charge is 2.32. The predicted molar refractivity (Wildman–Crippen MR) is 86.8 cm³/mol. The molecule has 0 aromatic heterocycles. The number of urea groups is 1. The standard InChI is InChI=1S/C17H23ClN2O/c1-12-6-7-16(15(18)10-12)19-17(21)20-9-8-13-4-2-3-5-14(13)11-20/h6-7,10,13-14H,2-5,8-9,11H2,1H3,(H,19,21)/t13-,14+/m1/s1. The molecule has 1 saturated heterocycles. The molecule has 1 aromatic carbocycles. The Morgan fingerprint density at radius 2 is 2.00 bits per heavy atom. The number of rotatable bonds is 1. The van der Waals surface area contributed by atoms with Crippen molar-refractivity contribution in [2.45, 2.75) is 39.0 Å². The molecular formula is C17H23ClN2O. The van der Waals surface area contributed by atoms with E-state index in [9.17, 15) is 4.79 Å². The van der Waals surface area contributed by atoms with Gasteiger partial charge >= 0.3 is 6.03 Å². The minimum Gasteiger partial charge on any atom is -0.324 e. The number of hydrogen-bond donors (Lipinski definition) is 1. The van der Waals surface area contributed by atoms with E-state index in [0.717, 1.165) is 31.0 Å². The first-order chi connectivity index (χ1) is 10.1. The monoisotopic (exact) mass is 306 g/mol. The second kappa shape index (κ2) is 6.27. The third-order valence-electron chi connectivity index (χ3n) is 4.94. The number of aryl methyl sites for hydroxylation is 1. The Bertz CT molecular complexity index is 532. The van der Waals surface area contributed by atoms with Gasteiger partial charge in [-0.2, -0.15) is 0 Å². The van der Waals surface area contributed by atoms with Gasteiger partial charge in [-0.1, -0.05) is 36.9 Å². The van der Waals surface area contributed by atoms with Crippen molar-refractivity contribution in [2.24, 2.45) is 11.8 Å². The smallest absolute Gasteiger partial charge is 0.321 e. The third kappa shape index (κ3) is 3.34. The molecule has 114 valence electrons. The van der Waals surface area contributed by atoms with Crippen LogP contribution < -0.4 is 5.32 Å². The fourth-order valence-corrected chi connectivity index (χ4v) is 3.98. The van der Waals surface area contributed by atoms with Gasteiger partial charge in [-0.25, -0.2) is 4.79 Å². The molecule has 1 aliphatic heterocycles. The number of likely N-dealkylation sites (tertiary alicyclic amines) is 1. The number of benzene rings is 1. The Kier molecular flexibility index (Phi) is 4.39. The van der Waals surface area contributed by atoms with E-state index in [2.05, 4.69) is 5.32 Å². The van der Waals surface area contributed by atoms with Crippen LogP contribution in [0.1, 0.15) is 37.7 Å². The van der Waals surface area contributed by atoms with E-state index < -0.39 is 0 Å². The molecule has 4 heteroatoms. The first kappa shape index (κ1) is 14.7. The van der Waals surface area contributed by atoms with E-state index in [-0.39, 0.29) is 6.03 Å². The molecule has 3 rings (SSSR count). The number of fused-ring (bicyclic) bond motifs is 1. The van der Waals surface area contributed by atoms with Gasteiger partial charge in [-0.05, 0) is 49.3 Å². The van der Waals surface area contributed by atoms with Crippen LogP contribution in [0.3, 0.4) is 0 Å². The third-order valence-corrected chi connectivity index (χ3v) is 5.26. The van der Waals surface area contributed by atoms with E-state index in [1.165, 1.54) is 25.7 Å². The molecule has 0 unspecified atom stereocenters. The summed E-state index contributed by atoms with van der Waals surface area (Å²) in [6, 6.07) is 5.72. The van der Waals surface area contributed by atoms with Crippen molar-refractivity contribution in [3.05, 3.63) is 28.8 Å². The van der Waals surface area contributed by atoms with E-state index >= 15 is 0 Å². The number of piperidine rings is 1. The van der Waals surface area contributed by atoms with Crippen molar-refractivity contribution in [3.8, 4) is 0 Å². The van der Waals surface area contributed by atoms with Crippen molar-refractivity contribution in [2.75, 3.05) is 18.4 Å². The molecule has 2 aliphatic rings. The summed E-state index contributed by atoms with van der Waals surface area (Å²) in [5.74, 6) is 1.54. The number of halogens is 1. The molecule has 1 N–H and O–H groups in total. The summed E-state index contributed by atoms with van der Waals surface area (Å²) in [5, 5.41) is 3.57. The Balaban J connectivity index is 1.63. The summed E-state index contributed by atoms with van der Waals surface area (Å²) in [6.45, 7) is 3.77. The maximum atomic E-state index is 12.4. The zero-order valence-electron chi connectivity index (χ0n) is 12.6. The minimum atomic E-state index is -0.00947. The number of nitrogens with zero attached hydrogens (tertiary/aromatic N) is 1. The Morgan fingerprint density at radius 3 is 2.76 bits per heavy atom. The highest BCUT2D eigenvalue weighted by molar-refractivity contribution is 6.33. The lowest BCUT2D eigenvalue weighted by Crippen LogP contribution is -2.46.